The number of benzene rings is 6. The van der Waals surface area contributed by atoms with Crippen LogP contribution in [0.25, 0.3) is 21.8 Å². The molecule has 2 amide bonds. The number of carbonyl (C=O) groups excluding carboxylic acids is 2. The minimum absolute atomic E-state index is 0.0345. The number of nitrogens with one attached hydrogen (secondary N) is 2. The molecule has 8 aromatic rings. The van der Waals surface area contributed by atoms with E-state index in [4.69, 9.17) is 44.3 Å². The van der Waals surface area contributed by atoms with Crippen LogP contribution in [-0.4, -0.2) is 45.2 Å². The molecule has 312 valence electrons. The molecule has 0 saturated carbocycles. The summed E-state index contributed by atoms with van der Waals surface area (Å²) in [5.41, 5.74) is 2.63. The molecule has 0 aliphatic carbocycles. The molecule has 2 unspecified atom stereocenters. The van der Waals surface area contributed by atoms with Gasteiger partial charge in [-0.05, 0) is 96.1 Å². The standard InChI is InChI=1S/C24H18Cl2N2O3.C24H18ClFN2O3/c25-16-8-10-17(11-9-16)31-14-21(29)28-22(15-5-2-1-3-6-15)19-13-20(26)18-7-4-12-27-23(18)24(19)30;25-20-13-19(24(30)23-18(20)10-5-11-27-23)22(15-6-4-7-16(26)12-15)28-21(29)14-31-17-8-2-1-3-9-17/h2*1-13,22,30H,14H2,(H,28,29). The summed E-state index contributed by atoms with van der Waals surface area (Å²) < 4.78 is 25.0. The Morgan fingerprint density at radius 1 is 0.565 bits per heavy atom. The SMILES string of the molecule is O=C(COc1ccc(Cl)cc1)NC(c1ccccc1)c1cc(Cl)c2cccnc2c1O.O=C(COc1ccccc1)NC(c1cccc(F)c1)c1cc(Cl)c2cccnc2c1O. The first-order valence-electron chi connectivity index (χ1n) is 19.0. The second-order valence-corrected chi connectivity index (χ2v) is 15.0. The molecule has 14 heteroatoms. The van der Waals surface area contributed by atoms with Crippen LogP contribution in [0.3, 0.4) is 0 Å². The van der Waals surface area contributed by atoms with Crippen molar-refractivity contribution in [2.24, 2.45) is 0 Å². The van der Waals surface area contributed by atoms with E-state index in [9.17, 15) is 24.2 Å². The van der Waals surface area contributed by atoms with Crippen molar-refractivity contribution < 1.29 is 33.7 Å². The second kappa shape index (κ2) is 20.1. The number of ether oxygens (including phenoxy) is 2. The van der Waals surface area contributed by atoms with Crippen LogP contribution in [0.15, 0.2) is 158 Å². The first-order valence-corrected chi connectivity index (χ1v) is 20.2. The molecule has 2 atom stereocenters. The summed E-state index contributed by atoms with van der Waals surface area (Å²) in [7, 11) is 0. The number of para-hydroxylation sites is 1. The number of hydrogen-bond acceptors (Lipinski definition) is 8. The number of phenols is 2. The zero-order chi connectivity index (χ0) is 43.6. The molecule has 0 radical (unpaired) electrons. The maximum Gasteiger partial charge on any atom is 0.258 e. The van der Waals surface area contributed by atoms with Gasteiger partial charge in [0.05, 0.1) is 22.1 Å². The molecular formula is C48H36Cl3FN4O6. The fourth-order valence-electron chi connectivity index (χ4n) is 6.62. The maximum absolute atomic E-state index is 13.9. The zero-order valence-electron chi connectivity index (χ0n) is 32.5. The maximum atomic E-state index is 13.9. The fraction of sp³-hybridized carbons (Fsp3) is 0.0833. The van der Waals surface area contributed by atoms with Crippen LogP contribution in [0.2, 0.25) is 15.1 Å². The van der Waals surface area contributed by atoms with E-state index in [2.05, 4.69) is 20.6 Å². The molecule has 10 nitrogen and oxygen atoms in total. The summed E-state index contributed by atoms with van der Waals surface area (Å²) in [5.74, 6) is -0.388. The highest BCUT2D eigenvalue weighted by atomic mass is 35.5. The normalized spacial score (nSPS) is 11.8. The third-order valence-corrected chi connectivity index (χ3v) is 10.4. The van der Waals surface area contributed by atoms with Crippen LogP contribution in [0.5, 0.6) is 23.0 Å². The van der Waals surface area contributed by atoms with Gasteiger partial charge in [-0.25, -0.2) is 4.39 Å². The number of phenolic OH excluding ortho intramolecular Hbond substituents is 2. The molecule has 62 heavy (non-hydrogen) atoms. The second-order valence-electron chi connectivity index (χ2n) is 13.7. The number of pyridine rings is 2. The number of halogens is 4. The lowest BCUT2D eigenvalue weighted by atomic mass is 9.96. The lowest BCUT2D eigenvalue weighted by Crippen LogP contribution is -2.33. The minimum Gasteiger partial charge on any atom is -0.505 e. The van der Waals surface area contributed by atoms with Crippen LogP contribution in [0, 0.1) is 5.82 Å². The Hall–Kier alpha value is -6.92. The molecule has 0 spiro atoms. The van der Waals surface area contributed by atoms with Gasteiger partial charge in [-0.15, -0.1) is 0 Å². The van der Waals surface area contributed by atoms with E-state index >= 15 is 0 Å². The van der Waals surface area contributed by atoms with Gasteiger partial charge in [-0.3, -0.25) is 19.6 Å². The van der Waals surface area contributed by atoms with E-state index in [0.717, 1.165) is 5.56 Å². The van der Waals surface area contributed by atoms with E-state index < -0.39 is 23.8 Å². The van der Waals surface area contributed by atoms with Gasteiger partial charge in [0.15, 0.2) is 13.2 Å². The van der Waals surface area contributed by atoms with Crippen LogP contribution in [-0.2, 0) is 9.59 Å². The lowest BCUT2D eigenvalue weighted by Gasteiger charge is -2.22. The van der Waals surface area contributed by atoms with E-state index in [1.165, 1.54) is 24.4 Å². The topological polar surface area (TPSA) is 143 Å². The van der Waals surface area contributed by atoms with Gasteiger partial charge in [0.2, 0.25) is 0 Å². The van der Waals surface area contributed by atoms with Crippen LogP contribution in [0.4, 0.5) is 4.39 Å². The van der Waals surface area contributed by atoms with Crippen molar-refractivity contribution in [3.8, 4) is 23.0 Å². The van der Waals surface area contributed by atoms with Crippen molar-refractivity contribution in [3.05, 3.63) is 201 Å². The number of hydrogen-bond donors (Lipinski definition) is 4. The Balaban J connectivity index is 0.000000186. The van der Waals surface area contributed by atoms with Gasteiger partial charge in [-0.2, -0.15) is 0 Å². The van der Waals surface area contributed by atoms with E-state index in [-0.39, 0.29) is 30.6 Å². The Morgan fingerprint density at radius 3 is 1.55 bits per heavy atom. The molecular weight excluding hydrogens is 854 g/mol. The number of carbonyl (C=O) groups is 2. The van der Waals surface area contributed by atoms with Crippen molar-refractivity contribution in [3.63, 3.8) is 0 Å². The Kier molecular flexibility index (Phi) is 14.0. The molecule has 2 aromatic heterocycles. The van der Waals surface area contributed by atoms with Crippen molar-refractivity contribution in [2.45, 2.75) is 12.1 Å². The number of aromatic nitrogens is 2. The Bertz CT molecular complexity index is 2840. The summed E-state index contributed by atoms with van der Waals surface area (Å²) >= 11 is 18.7. The average molecular weight is 890 g/mol. The third kappa shape index (κ3) is 10.5. The van der Waals surface area contributed by atoms with Gasteiger partial charge in [-0.1, -0.05) is 95.5 Å². The number of nitrogens with zero attached hydrogens (tertiary/aromatic N) is 2. The first-order chi connectivity index (χ1) is 30.0. The van der Waals surface area contributed by atoms with Gasteiger partial charge in [0.1, 0.15) is 39.8 Å². The number of amides is 2. The van der Waals surface area contributed by atoms with Gasteiger partial charge in [0, 0.05) is 39.3 Å². The Morgan fingerprint density at radius 2 is 1.03 bits per heavy atom. The number of fused-ring (bicyclic) bond motifs is 2. The quantitative estimate of drug-likeness (QED) is 0.0950. The van der Waals surface area contributed by atoms with Crippen molar-refractivity contribution in [2.75, 3.05) is 13.2 Å². The molecule has 0 aliphatic heterocycles. The molecule has 6 aromatic carbocycles. The zero-order valence-corrected chi connectivity index (χ0v) is 34.8. The monoisotopic (exact) mass is 888 g/mol. The van der Waals surface area contributed by atoms with Crippen LogP contribution in [0.1, 0.15) is 34.3 Å². The van der Waals surface area contributed by atoms with Crippen LogP contribution >= 0.6 is 34.8 Å². The van der Waals surface area contributed by atoms with Gasteiger partial charge in [0.25, 0.3) is 11.8 Å². The highest BCUT2D eigenvalue weighted by molar-refractivity contribution is 6.36. The predicted molar refractivity (Wildman–Crippen MR) is 239 cm³/mol. The highest BCUT2D eigenvalue weighted by Gasteiger charge is 2.25. The van der Waals surface area contributed by atoms with Crippen molar-refractivity contribution >= 4 is 68.4 Å². The molecule has 0 aliphatic rings. The van der Waals surface area contributed by atoms with Gasteiger partial charge >= 0.3 is 0 Å². The summed E-state index contributed by atoms with van der Waals surface area (Å²) in [6.07, 6.45) is 3.11. The van der Waals surface area contributed by atoms with Crippen molar-refractivity contribution in [1.29, 1.82) is 0 Å². The molecule has 8 rings (SSSR count). The number of aromatic hydroxyl groups is 2. The van der Waals surface area contributed by atoms with Crippen LogP contribution < -0.4 is 20.1 Å². The van der Waals surface area contributed by atoms with E-state index in [1.807, 2.05) is 36.4 Å². The van der Waals surface area contributed by atoms with Gasteiger partial charge < -0.3 is 30.3 Å². The highest BCUT2D eigenvalue weighted by Crippen LogP contribution is 2.40. The predicted octanol–water partition coefficient (Wildman–Crippen LogP) is 10.5. The summed E-state index contributed by atoms with van der Waals surface area (Å²) in [5, 5.41) is 30.1. The molecule has 0 bridgehead atoms. The smallest absolute Gasteiger partial charge is 0.258 e. The molecule has 0 fully saturated rings. The minimum atomic E-state index is -0.869. The Labute approximate surface area is 370 Å². The third-order valence-electron chi connectivity index (χ3n) is 9.53. The summed E-state index contributed by atoms with van der Waals surface area (Å²) in [4.78, 5) is 33.8. The summed E-state index contributed by atoms with van der Waals surface area (Å²) in [6.45, 7) is -0.457. The first kappa shape index (κ1) is 43.2. The van der Waals surface area contributed by atoms with Crippen molar-refractivity contribution in [1.82, 2.24) is 20.6 Å². The molecule has 2 heterocycles. The largest absolute Gasteiger partial charge is 0.505 e. The summed E-state index contributed by atoms with van der Waals surface area (Å²) in [6, 6.07) is 39.4. The molecule has 0 saturated heterocycles. The average Bonchev–Trinajstić information content (AvgIpc) is 3.30. The molecule has 4 N–H and O–H groups in total. The van der Waals surface area contributed by atoms with E-state index in [1.54, 1.807) is 97.2 Å². The fourth-order valence-corrected chi connectivity index (χ4v) is 7.28. The number of rotatable bonds is 12. The van der Waals surface area contributed by atoms with E-state index in [0.29, 0.717) is 65.1 Å². The lowest BCUT2D eigenvalue weighted by molar-refractivity contribution is -0.124.